The molecule has 1 aromatic carbocycles. The summed E-state index contributed by atoms with van der Waals surface area (Å²) >= 11 is 1.15. The van der Waals surface area contributed by atoms with E-state index in [1.807, 2.05) is 30.3 Å². The molecule has 1 aromatic heterocycles. The topological polar surface area (TPSA) is 17.8 Å². The fourth-order valence-electron chi connectivity index (χ4n) is 2.59. The molecule has 0 saturated carbocycles. The SMILES string of the molecule is FC(F)CSc1nc2c(n1-c1ccccc1)CCCC2. The van der Waals surface area contributed by atoms with Crippen LogP contribution in [0.5, 0.6) is 0 Å². The number of nitrogens with zero attached hydrogens (tertiary/aromatic N) is 2. The van der Waals surface area contributed by atoms with E-state index in [9.17, 15) is 8.78 Å². The van der Waals surface area contributed by atoms with E-state index < -0.39 is 6.43 Å². The van der Waals surface area contributed by atoms with Gasteiger partial charge < -0.3 is 0 Å². The van der Waals surface area contributed by atoms with Gasteiger partial charge in [-0.05, 0) is 37.8 Å². The molecule has 0 saturated heterocycles. The van der Waals surface area contributed by atoms with Crippen LogP contribution in [0.25, 0.3) is 5.69 Å². The van der Waals surface area contributed by atoms with Crippen molar-refractivity contribution in [3.8, 4) is 5.69 Å². The summed E-state index contributed by atoms with van der Waals surface area (Å²) in [5.74, 6) is -0.206. The Bertz CT molecular complexity index is 581. The highest BCUT2D eigenvalue weighted by Crippen LogP contribution is 2.31. The molecule has 0 unspecified atom stereocenters. The quantitative estimate of drug-likeness (QED) is 0.790. The smallest absolute Gasteiger partial charge is 0.248 e. The zero-order valence-corrected chi connectivity index (χ0v) is 11.9. The molecular weight excluding hydrogens is 278 g/mol. The maximum Gasteiger partial charge on any atom is 0.248 e. The van der Waals surface area contributed by atoms with Crippen LogP contribution >= 0.6 is 11.8 Å². The lowest BCUT2D eigenvalue weighted by Gasteiger charge is -2.15. The van der Waals surface area contributed by atoms with Crippen LogP contribution in [-0.2, 0) is 12.8 Å². The van der Waals surface area contributed by atoms with Gasteiger partial charge in [-0.1, -0.05) is 30.0 Å². The average Bonchev–Trinajstić information content (AvgIpc) is 2.84. The van der Waals surface area contributed by atoms with E-state index in [1.54, 1.807) is 0 Å². The number of para-hydroxylation sites is 1. The predicted octanol–water partition coefficient (Wildman–Crippen LogP) is 4.11. The second-order valence-electron chi connectivity index (χ2n) is 4.87. The van der Waals surface area contributed by atoms with Crippen LogP contribution in [0, 0.1) is 0 Å². The van der Waals surface area contributed by atoms with Crippen molar-refractivity contribution in [2.24, 2.45) is 0 Å². The fraction of sp³-hybridized carbons (Fsp3) is 0.400. The molecular formula is C15H16F2N2S. The molecule has 20 heavy (non-hydrogen) atoms. The van der Waals surface area contributed by atoms with Crippen molar-refractivity contribution < 1.29 is 8.78 Å². The van der Waals surface area contributed by atoms with Crippen molar-refractivity contribution in [3.05, 3.63) is 41.7 Å². The van der Waals surface area contributed by atoms with Gasteiger partial charge in [-0.15, -0.1) is 0 Å². The van der Waals surface area contributed by atoms with Crippen LogP contribution in [-0.4, -0.2) is 21.7 Å². The van der Waals surface area contributed by atoms with E-state index >= 15 is 0 Å². The van der Waals surface area contributed by atoms with Crippen LogP contribution in [0.15, 0.2) is 35.5 Å². The van der Waals surface area contributed by atoms with Gasteiger partial charge in [-0.3, -0.25) is 4.57 Å². The zero-order chi connectivity index (χ0) is 13.9. The molecule has 0 N–H and O–H groups in total. The number of imidazole rings is 1. The standard InChI is InChI=1S/C15H16F2N2S/c16-14(17)10-20-15-18-12-8-4-5-9-13(12)19(15)11-6-2-1-3-7-11/h1-3,6-7,14H,4-5,8-10H2. The molecule has 5 heteroatoms. The van der Waals surface area contributed by atoms with Crippen molar-refractivity contribution in [3.63, 3.8) is 0 Å². The van der Waals surface area contributed by atoms with Crippen LogP contribution in [0.1, 0.15) is 24.2 Å². The Morgan fingerprint density at radius 3 is 2.65 bits per heavy atom. The van der Waals surface area contributed by atoms with Crippen LogP contribution in [0.2, 0.25) is 0 Å². The molecule has 1 aliphatic carbocycles. The minimum absolute atomic E-state index is 0.206. The van der Waals surface area contributed by atoms with Gasteiger partial charge in [-0.25, -0.2) is 13.8 Å². The average molecular weight is 294 g/mol. The van der Waals surface area contributed by atoms with Gasteiger partial charge in [-0.2, -0.15) is 0 Å². The lowest BCUT2D eigenvalue weighted by molar-refractivity contribution is 0.176. The third kappa shape index (κ3) is 2.73. The summed E-state index contributed by atoms with van der Waals surface area (Å²) in [5.41, 5.74) is 3.29. The van der Waals surface area contributed by atoms with Crippen molar-refractivity contribution in [1.29, 1.82) is 0 Å². The number of aryl methyl sites for hydroxylation is 1. The minimum atomic E-state index is -2.31. The number of hydrogen-bond donors (Lipinski definition) is 0. The van der Waals surface area contributed by atoms with E-state index in [1.165, 1.54) is 5.69 Å². The molecule has 0 aliphatic heterocycles. The molecule has 2 aromatic rings. The number of rotatable bonds is 4. The second-order valence-corrected chi connectivity index (χ2v) is 5.86. The number of thioether (sulfide) groups is 1. The summed E-state index contributed by atoms with van der Waals surface area (Å²) in [6.45, 7) is 0. The molecule has 2 nitrogen and oxygen atoms in total. The number of benzene rings is 1. The van der Waals surface area contributed by atoms with Gasteiger partial charge in [0.15, 0.2) is 5.16 Å². The maximum atomic E-state index is 12.5. The monoisotopic (exact) mass is 294 g/mol. The molecule has 3 rings (SSSR count). The van der Waals surface area contributed by atoms with Gasteiger partial charge in [0.2, 0.25) is 6.43 Å². The first-order valence-corrected chi connectivity index (χ1v) is 7.81. The molecule has 0 bridgehead atoms. The number of alkyl halides is 2. The Morgan fingerprint density at radius 1 is 1.15 bits per heavy atom. The van der Waals surface area contributed by atoms with Crippen molar-refractivity contribution in [2.45, 2.75) is 37.3 Å². The van der Waals surface area contributed by atoms with E-state index in [4.69, 9.17) is 0 Å². The number of fused-ring (bicyclic) bond motifs is 1. The summed E-state index contributed by atoms with van der Waals surface area (Å²) < 4.78 is 27.0. The molecule has 106 valence electrons. The first-order chi connectivity index (χ1) is 9.75. The molecule has 1 aliphatic rings. The third-order valence-electron chi connectivity index (χ3n) is 3.45. The van der Waals surface area contributed by atoms with Crippen LogP contribution in [0.4, 0.5) is 8.78 Å². The Kier molecular flexibility index (Phi) is 4.05. The van der Waals surface area contributed by atoms with Crippen molar-refractivity contribution >= 4 is 11.8 Å². The number of hydrogen-bond acceptors (Lipinski definition) is 2. The van der Waals surface area contributed by atoms with E-state index in [2.05, 4.69) is 9.55 Å². The summed E-state index contributed by atoms with van der Waals surface area (Å²) in [4.78, 5) is 4.59. The summed E-state index contributed by atoms with van der Waals surface area (Å²) in [6, 6.07) is 9.89. The van der Waals surface area contributed by atoms with Gasteiger partial charge in [0.1, 0.15) is 0 Å². The van der Waals surface area contributed by atoms with Crippen molar-refractivity contribution in [2.75, 3.05) is 5.75 Å². The van der Waals surface area contributed by atoms with Gasteiger partial charge in [0, 0.05) is 11.4 Å². The van der Waals surface area contributed by atoms with Crippen LogP contribution in [0.3, 0.4) is 0 Å². The Morgan fingerprint density at radius 2 is 1.90 bits per heavy atom. The largest absolute Gasteiger partial charge is 0.292 e. The van der Waals surface area contributed by atoms with Gasteiger partial charge >= 0.3 is 0 Å². The van der Waals surface area contributed by atoms with Gasteiger partial charge in [0.05, 0.1) is 11.4 Å². The van der Waals surface area contributed by atoms with E-state index in [0.717, 1.165) is 48.8 Å². The maximum absolute atomic E-state index is 12.5. The molecule has 0 atom stereocenters. The van der Waals surface area contributed by atoms with Crippen molar-refractivity contribution in [1.82, 2.24) is 9.55 Å². The molecule has 1 heterocycles. The highest BCUT2D eigenvalue weighted by Gasteiger charge is 2.21. The lowest BCUT2D eigenvalue weighted by atomic mass is 10.0. The highest BCUT2D eigenvalue weighted by atomic mass is 32.2. The summed E-state index contributed by atoms with van der Waals surface area (Å²) in [6.07, 6.45) is 1.91. The van der Waals surface area contributed by atoms with Gasteiger partial charge in [0.25, 0.3) is 0 Å². The van der Waals surface area contributed by atoms with E-state index in [0.29, 0.717) is 5.16 Å². The highest BCUT2D eigenvalue weighted by molar-refractivity contribution is 7.99. The molecule has 0 amide bonds. The Labute approximate surface area is 121 Å². The third-order valence-corrected chi connectivity index (χ3v) is 4.41. The van der Waals surface area contributed by atoms with Crippen LogP contribution < -0.4 is 0 Å². The normalized spacial score (nSPS) is 14.6. The minimum Gasteiger partial charge on any atom is -0.292 e. The fourth-order valence-corrected chi connectivity index (χ4v) is 3.39. The first-order valence-electron chi connectivity index (χ1n) is 6.82. The molecule has 0 spiro atoms. The Hall–Kier alpha value is -1.36. The Balaban J connectivity index is 2.02. The first kappa shape index (κ1) is 13.6. The molecule has 0 radical (unpaired) electrons. The predicted molar refractivity (Wildman–Crippen MR) is 76.9 cm³/mol. The molecule has 0 fully saturated rings. The lowest BCUT2D eigenvalue weighted by Crippen LogP contribution is -2.07. The number of aromatic nitrogens is 2. The number of halogens is 2. The summed E-state index contributed by atoms with van der Waals surface area (Å²) in [5, 5.41) is 0.698. The zero-order valence-electron chi connectivity index (χ0n) is 11.1. The second kappa shape index (κ2) is 5.95. The summed E-state index contributed by atoms with van der Waals surface area (Å²) in [7, 11) is 0. The van der Waals surface area contributed by atoms with E-state index in [-0.39, 0.29) is 5.75 Å².